The molecule has 0 unspecified atom stereocenters. The van der Waals surface area contributed by atoms with E-state index in [-0.39, 0.29) is 49.9 Å². The Morgan fingerprint density at radius 2 is 1.68 bits per heavy atom. The first-order valence-corrected chi connectivity index (χ1v) is 14.2. The molecule has 41 heavy (non-hydrogen) atoms. The Kier molecular flexibility index (Phi) is 8.59. The van der Waals surface area contributed by atoms with E-state index in [9.17, 15) is 27.6 Å². The van der Waals surface area contributed by atoms with Gasteiger partial charge in [0.25, 0.3) is 11.8 Å². The maximum atomic E-state index is 13.3. The average molecular weight is 643 g/mol. The molecule has 1 saturated heterocycles. The van der Waals surface area contributed by atoms with Crippen molar-refractivity contribution in [3.05, 3.63) is 87.4 Å². The summed E-state index contributed by atoms with van der Waals surface area (Å²) in [6.45, 7) is 3.66. The second kappa shape index (κ2) is 11.9. The van der Waals surface area contributed by atoms with Gasteiger partial charge >= 0.3 is 22.1 Å². The number of aryl methyl sites for hydroxylation is 1. The summed E-state index contributed by atoms with van der Waals surface area (Å²) in [6.07, 6.45) is 1.23. The standard InChI is InChI=1S/C28H23BrN2O9S/c1-4-39-23-15-17(14-22(29)24(23)40-41(36,37)20-11-5-16(2)6-12-20)13-21-25(32)30-28(35)31(26(21)33)19-9-7-18(8-10-19)27(34)38-3/h5-15H,4H2,1-3H3,(H,30,32,35)/b21-13+. The van der Waals surface area contributed by atoms with Gasteiger partial charge in [-0.25, -0.2) is 14.5 Å². The molecule has 212 valence electrons. The largest absolute Gasteiger partial charge is 0.490 e. The van der Waals surface area contributed by atoms with Crippen molar-refractivity contribution in [2.24, 2.45) is 0 Å². The molecule has 0 aromatic heterocycles. The number of carbonyl (C=O) groups is 4. The maximum Gasteiger partial charge on any atom is 0.339 e. The molecule has 4 rings (SSSR count). The zero-order valence-corrected chi connectivity index (χ0v) is 24.4. The first-order valence-electron chi connectivity index (χ1n) is 12.0. The minimum atomic E-state index is -4.22. The number of urea groups is 1. The molecule has 3 aromatic rings. The van der Waals surface area contributed by atoms with Gasteiger partial charge in [0, 0.05) is 0 Å². The average Bonchev–Trinajstić information content (AvgIpc) is 2.93. The zero-order chi connectivity index (χ0) is 29.9. The Morgan fingerprint density at radius 3 is 2.29 bits per heavy atom. The van der Waals surface area contributed by atoms with Crippen molar-refractivity contribution >= 4 is 61.6 Å². The van der Waals surface area contributed by atoms with Gasteiger partial charge in [0.05, 0.1) is 29.4 Å². The smallest absolute Gasteiger partial charge is 0.339 e. The van der Waals surface area contributed by atoms with Gasteiger partial charge in [0.2, 0.25) is 0 Å². The molecule has 1 fully saturated rings. The zero-order valence-electron chi connectivity index (χ0n) is 22.0. The molecule has 0 saturated carbocycles. The first kappa shape index (κ1) is 29.5. The topological polar surface area (TPSA) is 145 Å². The molecule has 0 bridgehead atoms. The number of halogens is 1. The number of rotatable bonds is 8. The maximum absolute atomic E-state index is 13.3. The molecule has 0 spiro atoms. The van der Waals surface area contributed by atoms with Crippen molar-refractivity contribution < 1.29 is 41.3 Å². The second-order valence-electron chi connectivity index (χ2n) is 8.61. The summed E-state index contributed by atoms with van der Waals surface area (Å²) in [4.78, 5) is 50.9. The van der Waals surface area contributed by atoms with E-state index in [4.69, 9.17) is 8.92 Å². The van der Waals surface area contributed by atoms with Crippen molar-refractivity contribution in [3.63, 3.8) is 0 Å². The van der Waals surface area contributed by atoms with Crippen molar-refractivity contribution in [3.8, 4) is 11.5 Å². The lowest BCUT2D eigenvalue weighted by molar-refractivity contribution is -0.122. The van der Waals surface area contributed by atoms with Crippen molar-refractivity contribution in [1.29, 1.82) is 0 Å². The van der Waals surface area contributed by atoms with Gasteiger partial charge in [-0.15, -0.1) is 0 Å². The summed E-state index contributed by atoms with van der Waals surface area (Å²) in [5, 5.41) is 2.12. The number of methoxy groups -OCH3 is 1. The summed E-state index contributed by atoms with van der Waals surface area (Å²) >= 11 is 3.30. The molecule has 0 radical (unpaired) electrons. The predicted octanol–water partition coefficient (Wildman–Crippen LogP) is 4.38. The quantitative estimate of drug-likeness (QED) is 0.164. The number of anilines is 1. The van der Waals surface area contributed by atoms with Crippen LogP contribution in [0.15, 0.2) is 75.6 Å². The minimum absolute atomic E-state index is 0.0272. The van der Waals surface area contributed by atoms with Gasteiger partial charge in [-0.05, 0) is 89.9 Å². The molecule has 1 aliphatic heterocycles. The molecule has 11 nitrogen and oxygen atoms in total. The molecular weight excluding hydrogens is 620 g/mol. The highest BCUT2D eigenvalue weighted by molar-refractivity contribution is 9.10. The number of nitrogens with one attached hydrogen (secondary N) is 1. The Balaban J connectivity index is 1.69. The van der Waals surface area contributed by atoms with E-state index in [0.29, 0.717) is 0 Å². The van der Waals surface area contributed by atoms with E-state index in [0.717, 1.165) is 10.5 Å². The van der Waals surface area contributed by atoms with Gasteiger partial charge in [-0.3, -0.25) is 14.9 Å². The molecule has 1 heterocycles. The van der Waals surface area contributed by atoms with Crippen LogP contribution in [0.25, 0.3) is 6.08 Å². The van der Waals surface area contributed by atoms with Crippen LogP contribution >= 0.6 is 15.9 Å². The summed E-state index contributed by atoms with van der Waals surface area (Å²) in [7, 11) is -3.00. The number of hydrogen-bond donors (Lipinski definition) is 1. The van der Waals surface area contributed by atoms with Gasteiger partial charge in [-0.1, -0.05) is 17.7 Å². The van der Waals surface area contributed by atoms with Gasteiger partial charge < -0.3 is 13.7 Å². The number of benzene rings is 3. The van der Waals surface area contributed by atoms with E-state index in [1.165, 1.54) is 61.7 Å². The molecule has 0 atom stereocenters. The van der Waals surface area contributed by atoms with E-state index >= 15 is 0 Å². The normalized spacial score (nSPS) is 14.6. The van der Waals surface area contributed by atoms with Gasteiger partial charge in [0.15, 0.2) is 11.5 Å². The Hall–Kier alpha value is -4.49. The highest BCUT2D eigenvalue weighted by Crippen LogP contribution is 2.39. The van der Waals surface area contributed by atoms with E-state index in [1.54, 1.807) is 19.1 Å². The lowest BCUT2D eigenvalue weighted by Gasteiger charge is -2.26. The Labute approximate surface area is 243 Å². The monoisotopic (exact) mass is 642 g/mol. The predicted molar refractivity (Wildman–Crippen MR) is 151 cm³/mol. The number of imide groups is 2. The third-order valence-corrected chi connectivity index (χ3v) is 7.62. The van der Waals surface area contributed by atoms with Gasteiger partial charge in [-0.2, -0.15) is 8.42 Å². The first-order chi connectivity index (χ1) is 19.4. The lowest BCUT2D eigenvalue weighted by atomic mass is 10.1. The molecule has 1 aliphatic rings. The van der Waals surface area contributed by atoms with Crippen LogP contribution in [0.4, 0.5) is 10.5 Å². The van der Waals surface area contributed by atoms with Gasteiger partial charge in [0.1, 0.15) is 10.5 Å². The van der Waals surface area contributed by atoms with Crippen LogP contribution in [-0.2, 0) is 24.4 Å². The van der Waals surface area contributed by atoms with Crippen LogP contribution in [0.5, 0.6) is 11.5 Å². The molecule has 13 heteroatoms. The second-order valence-corrected chi connectivity index (χ2v) is 11.0. The van der Waals surface area contributed by atoms with Crippen molar-refractivity contribution in [2.75, 3.05) is 18.6 Å². The number of barbiturate groups is 1. The SMILES string of the molecule is CCOc1cc(/C=C2\C(=O)NC(=O)N(c3ccc(C(=O)OC)cc3)C2=O)cc(Br)c1OS(=O)(=O)c1ccc(C)cc1. The fourth-order valence-electron chi connectivity index (χ4n) is 3.80. The van der Waals surface area contributed by atoms with E-state index in [1.807, 2.05) is 6.92 Å². The van der Waals surface area contributed by atoms with E-state index < -0.39 is 33.9 Å². The summed E-state index contributed by atoms with van der Waals surface area (Å²) in [5.41, 5.74) is 1.08. The summed E-state index contributed by atoms with van der Waals surface area (Å²) < 4.78 is 41.7. The van der Waals surface area contributed by atoms with Crippen LogP contribution in [0.3, 0.4) is 0 Å². The lowest BCUT2D eigenvalue weighted by Crippen LogP contribution is -2.54. The number of ether oxygens (including phenoxy) is 2. The highest BCUT2D eigenvalue weighted by Gasteiger charge is 2.37. The van der Waals surface area contributed by atoms with Crippen LogP contribution in [0, 0.1) is 6.92 Å². The molecule has 1 N–H and O–H groups in total. The van der Waals surface area contributed by atoms with E-state index in [2.05, 4.69) is 26.0 Å². The number of amides is 4. The summed E-state index contributed by atoms with van der Waals surface area (Å²) in [6, 6.07) is 13.4. The van der Waals surface area contributed by atoms with Crippen LogP contribution in [-0.4, -0.2) is 45.9 Å². The number of hydrogen-bond acceptors (Lipinski definition) is 9. The third-order valence-electron chi connectivity index (χ3n) is 5.79. The number of carbonyl (C=O) groups excluding carboxylic acids is 4. The fourth-order valence-corrected chi connectivity index (χ4v) is 5.41. The van der Waals surface area contributed by atoms with Crippen molar-refractivity contribution in [2.45, 2.75) is 18.7 Å². The molecule has 4 amide bonds. The molecule has 3 aromatic carbocycles. The van der Waals surface area contributed by atoms with Crippen LogP contribution in [0.1, 0.15) is 28.4 Å². The molecule has 0 aliphatic carbocycles. The highest BCUT2D eigenvalue weighted by atomic mass is 79.9. The van der Waals surface area contributed by atoms with Crippen LogP contribution < -0.4 is 19.1 Å². The Bertz CT molecular complexity index is 1680. The number of nitrogens with zero attached hydrogens (tertiary/aromatic N) is 1. The van der Waals surface area contributed by atoms with Crippen molar-refractivity contribution in [1.82, 2.24) is 5.32 Å². The van der Waals surface area contributed by atoms with Crippen LogP contribution in [0.2, 0.25) is 0 Å². The summed E-state index contributed by atoms with van der Waals surface area (Å²) in [5.74, 6) is -2.55. The molecular formula is C28H23BrN2O9S. The minimum Gasteiger partial charge on any atom is -0.490 e. The fraction of sp³-hybridized carbons (Fsp3) is 0.143. The Morgan fingerprint density at radius 1 is 1.02 bits per heavy atom. The third kappa shape index (κ3) is 6.31. The number of esters is 1.